The average molecular weight is 332 g/mol. The maximum Gasteiger partial charge on any atom is 0.322 e. The van der Waals surface area contributed by atoms with Crippen LogP contribution in [-0.4, -0.2) is 16.1 Å². The molecule has 0 aliphatic carbocycles. The zero-order valence-corrected chi connectivity index (χ0v) is 12.5. The first-order valence-electron chi connectivity index (χ1n) is 6.74. The summed E-state index contributed by atoms with van der Waals surface area (Å²) in [5.41, 5.74) is 1.38. The third-order valence-corrected chi connectivity index (χ3v) is 3.29. The van der Waals surface area contributed by atoms with E-state index in [1.807, 2.05) is 0 Å². The van der Waals surface area contributed by atoms with Crippen LogP contribution in [0.25, 0.3) is 11.5 Å². The number of carbonyl (C=O) groups excluding carboxylic acids is 1. The Labute approximate surface area is 136 Å². The van der Waals surface area contributed by atoms with E-state index < -0.39 is 0 Å². The van der Waals surface area contributed by atoms with E-state index in [1.54, 1.807) is 36.4 Å². The van der Waals surface area contributed by atoms with E-state index in [0.29, 0.717) is 16.1 Å². The van der Waals surface area contributed by atoms with Gasteiger partial charge in [0.05, 0.1) is 6.42 Å². The van der Waals surface area contributed by atoms with Gasteiger partial charge in [-0.05, 0) is 42.0 Å². The molecule has 0 unspecified atom stereocenters. The molecule has 0 radical (unpaired) electrons. The Balaban J connectivity index is 1.65. The molecule has 116 valence electrons. The Morgan fingerprint density at radius 2 is 1.78 bits per heavy atom. The van der Waals surface area contributed by atoms with E-state index in [-0.39, 0.29) is 30.1 Å². The first-order chi connectivity index (χ1) is 11.1. The number of nitrogens with one attached hydrogen (secondary N) is 1. The van der Waals surface area contributed by atoms with Crippen LogP contribution in [0.15, 0.2) is 52.9 Å². The molecule has 1 N–H and O–H groups in total. The molecule has 0 spiro atoms. The SMILES string of the molecule is O=C(Cc1ccc(F)cc1)Nc1nnc(-c2ccc(Cl)cc2)o1. The van der Waals surface area contributed by atoms with Gasteiger partial charge in [0.25, 0.3) is 0 Å². The number of nitrogens with zero attached hydrogens (tertiary/aromatic N) is 2. The van der Waals surface area contributed by atoms with Crippen LogP contribution in [0.3, 0.4) is 0 Å². The van der Waals surface area contributed by atoms with Crippen LogP contribution in [0, 0.1) is 5.82 Å². The maximum absolute atomic E-state index is 12.8. The van der Waals surface area contributed by atoms with E-state index >= 15 is 0 Å². The summed E-state index contributed by atoms with van der Waals surface area (Å²) >= 11 is 5.81. The minimum absolute atomic E-state index is 0.00191. The van der Waals surface area contributed by atoms with Crippen LogP contribution in [-0.2, 0) is 11.2 Å². The fourth-order valence-electron chi connectivity index (χ4n) is 1.93. The van der Waals surface area contributed by atoms with Gasteiger partial charge in [-0.3, -0.25) is 10.1 Å². The zero-order chi connectivity index (χ0) is 16.2. The Hall–Kier alpha value is -2.73. The van der Waals surface area contributed by atoms with Crippen molar-refractivity contribution in [3.05, 3.63) is 64.9 Å². The molecule has 0 aliphatic heterocycles. The first kappa shape index (κ1) is 15.2. The van der Waals surface area contributed by atoms with Crippen molar-refractivity contribution in [2.75, 3.05) is 5.32 Å². The summed E-state index contributed by atoms with van der Waals surface area (Å²) in [5.74, 6) is -0.402. The first-order valence-corrected chi connectivity index (χ1v) is 7.12. The van der Waals surface area contributed by atoms with E-state index in [9.17, 15) is 9.18 Å². The number of aromatic nitrogens is 2. The highest BCUT2D eigenvalue weighted by Gasteiger charge is 2.11. The molecule has 0 saturated carbocycles. The summed E-state index contributed by atoms with van der Waals surface area (Å²) in [6.45, 7) is 0. The molecule has 7 heteroatoms. The largest absolute Gasteiger partial charge is 0.403 e. The number of rotatable bonds is 4. The van der Waals surface area contributed by atoms with Crippen molar-refractivity contribution in [3.8, 4) is 11.5 Å². The van der Waals surface area contributed by atoms with Gasteiger partial charge in [0.15, 0.2) is 0 Å². The average Bonchev–Trinajstić information content (AvgIpc) is 2.98. The Morgan fingerprint density at radius 1 is 1.09 bits per heavy atom. The number of benzene rings is 2. The van der Waals surface area contributed by atoms with Crippen molar-refractivity contribution in [2.24, 2.45) is 0 Å². The zero-order valence-electron chi connectivity index (χ0n) is 11.8. The van der Waals surface area contributed by atoms with Crippen LogP contribution in [0.1, 0.15) is 5.56 Å². The Kier molecular flexibility index (Phi) is 4.34. The third-order valence-electron chi connectivity index (χ3n) is 3.04. The summed E-state index contributed by atoms with van der Waals surface area (Å²) in [7, 11) is 0. The highest BCUT2D eigenvalue weighted by Crippen LogP contribution is 2.21. The van der Waals surface area contributed by atoms with Gasteiger partial charge in [-0.15, -0.1) is 5.10 Å². The summed E-state index contributed by atoms with van der Waals surface area (Å²) in [6, 6.07) is 12.6. The lowest BCUT2D eigenvalue weighted by atomic mass is 10.1. The van der Waals surface area contributed by atoms with E-state index in [0.717, 1.165) is 0 Å². The Bertz CT molecular complexity index is 816. The molecule has 1 heterocycles. The standard InChI is InChI=1S/C16H11ClFN3O2/c17-12-5-3-11(4-6-12)15-20-21-16(23-15)19-14(22)9-10-1-7-13(18)8-2-10/h1-8H,9H2,(H,19,21,22). The molecule has 3 aromatic rings. The van der Waals surface area contributed by atoms with Gasteiger partial charge in [0, 0.05) is 10.6 Å². The lowest BCUT2D eigenvalue weighted by Gasteiger charge is -2.01. The highest BCUT2D eigenvalue weighted by molar-refractivity contribution is 6.30. The molecule has 0 saturated heterocycles. The monoisotopic (exact) mass is 331 g/mol. The second-order valence-corrected chi connectivity index (χ2v) is 5.21. The number of hydrogen-bond donors (Lipinski definition) is 1. The lowest BCUT2D eigenvalue weighted by molar-refractivity contribution is -0.115. The molecule has 23 heavy (non-hydrogen) atoms. The van der Waals surface area contributed by atoms with E-state index in [4.69, 9.17) is 16.0 Å². The predicted molar refractivity (Wildman–Crippen MR) is 83.5 cm³/mol. The van der Waals surface area contributed by atoms with Crippen molar-refractivity contribution >= 4 is 23.5 Å². The lowest BCUT2D eigenvalue weighted by Crippen LogP contribution is -2.14. The summed E-state index contributed by atoms with van der Waals surface area (Å²) in [5, 5.41) is 10.7. The fraction of sp³-hybridized carbons (Fsp3) is 0.0625. The highest BCUT2D eigenvalue weighted by atomic mass is 35.5. The number of amides is 1. The van der Waals surface area contributed by atoms with Crippen molar-refractivity contribution in [1.29, 1.82) is 0 Å². The van der Waals surface area contributed by atoms with Crippen LogP contribution in [0.4, 0.5) is 10.4 Å². The molecule has 3 rings (SSSR count). The van der Waals surface area contributed by atoms with Crippen LogP contribution in [0.2, 0.25) is 5.02 Å². The van der Waals surface area contributed by atoms with E-state index in [1.165, 1.54) is 12.1 Å². The molecular formula is C16H11ClFN3O2. The number of hydrogen-bond acceptors (Lipinski definition) is 4. The minimum Gasteiger partial charge on any atom is -0.403 e. The molecule has 0 atom stereocenters. The van der Waals surface area contributed by atoms with Gasteiger partial charge in [-0.2, -0.15) is 0 Å². The van der Waals surface area contributed by atoms with Gasteiger partial charge >= 0.3 is 6.01 Å². The molecular weight excluding hydrogens is 321 g/mol. The van der Waals surface area contributed by atoms with Crippen molar-refractivity contribution in [3.63, 3.8) is 0 Å². The molecule has 0 aliphatic rings. The van der Waals surface area contributed by atoms with Crippen LogP contribution < -0.4 is 5.32 Å². The van der Waals surface area contributed by atoms with Crippen molar-refractivity contribution in [2.45, 2.75) is 6.42 Å². The van der Waals surface area contributed by atoms with Crippen LogP contribution >= 0.6 is 11.6 Å². The van der Waals surface area contributed by atoms with Gasteiger partial charge in [-0.25, -0.2) is 4.39 Å². The van der Waals surface area contributed by atoms with Crippen molar-refractivity contribution in [1.82, 2.24) is 10.2 Å². The van der Waals surface area contributed by atoms with Gasteiger partial charge in [-0.1, -0.05) is 28.8 Å². The van der Waals surface area contributed by atoms with Gasteiger partial charge in [0.2, 0.25) is 11.8 Å². The third kappa shape index (κ3) is 3.92. The second-order valence-electron chi connectivity index (χ2n) is 4.77. The smallest absolute Gasteiger partial charge is 0.322 e. The fourth-order valence-corrected chi connectivity index (χ4v) is 2.06. The predicted octanol–water partition coefficient (Wildman–Crippen LogP) is 3.71. The van der Waals surface area contributed by atoms with Crippen LogP contribution in [0.5, 0.6) is 0 Å². The van der Waals surface area contributed by atoms with Gasteiger partial charge in [0.1, 0.15) is 5.82 Å². The molecule has 1 amide bonds. The molecule has 0 bridgehead atoms. The Morgan fingerprint density at radius 3 is 2.48 bits per heavy atom. The van der Waals surface area contributed by atoms with Gasteiger partial charge < -0.3 is 4.42 Å². The minimum atomic E-state index is -0.348. The summed E-state index contributed by atoms with van der Waals surface area (Å²) in [6.07, 6.45) is 0.0823. The molecule has 5 nitrogen and oxygen atoms in total. The number of carbonyl (C=O) groups is 1. The number of anilines is 1. The number of halogens is 2. The summed E-state index contributed by atoms with van der Waals surface area (Å²) < 4.78 is 18.2. The second kappa shape index (κ2) is 6.58. The molecule has 2 aromatic carbocycles. The maximum atomic E-state index is 12.8. The van der Waals surface area contributed by atoms with Crippen molar-refractivity contribution < 1.29 is 13.6 Å². The molecule has 0 fully saturated rings. The van der Waals surface area contributed by atoms with E-state index in [2.05, 4.69) is 15.5 Å². The topological polar surface area (TPSA) is 68.0 Å². The quantitative estimate of drug-likeness (QED) is 0.791. The summed E-state index contributed by atoms with van der Waals surface area (Å²) in [4.78, 5) is 11.9. The molecule has 1 aromatic heterocycles. The normalized spacial score (nSPS) is 10.5.